The number of anilines is 6. The van der Waals surface area contributed by atoms with Crippen molar-refractivity contribution >= 4 is 56.5 Å². The Hall–Kier alpha value is -8.36. The molecule has 13 rings (SSSR count). The first-order valence-corrected chi connectivity index (χ1v) is 22.6. The number of hydrogen-bond acceptors (Lipinski definition) is 6. The molecule has 0 unspecified atom stereocenters. The van der Waals surface area contributed by atoms with Crippen molar-refractivity contribution in [2.45, 2.75) is 38.5 Å². The molecule has 0 atom stereocenters. The van der Waals surface area contributed by atoms with E-state index in [1.807, 2.05) is 6.07 Å². The molecule has 66 heavy (non-hydrogen) atoms. The summed E-state index contributed by atoms with van der Waals surface area (Å²) in [7, 11) is 0. The third kappa shape index (κ3) is 5.45. The van der Waals surface area contributed by atoms with Crippen LogP contribution < -0.4 is 9.80 Å². The Morgan fingerprint density at radius 1 is 0.318 bits per heavy atom. The van der Waals surface area contributed by atoms with Gasteiger partial charge in [0.25, 0.3) is 0 Å². The second-order valence-electron chi connectivity index (χ2n) is 18.5. The third-order valence-corrected chi connectivity index (χ3v) is 14.1. The Kier molecular flexibility index (Phi) is 8.13. The molecule has 0 spiro atoms. The van der Waals surface area contributed by atoms with Crippen LogP contribution in [0.1, 0.15) is 49.9 Å². The van der Waals surface area contributed by atoms with E-state index in [0.29, 0.717) is 11.3 Å². The normalized spacial score (nSPS) is 14.5. The summed E-state index contributed by atoms with van der Waals surface area (Å²) >= 11 is 0. The first kappa shape index (κ1) is 38.1. The maximum atomic E-state index is 4.91. The second kappa shape index (κ2) is 14.1. The molecule has 5 heterocycles. The van der Waals surface area contributed by atoms with Gasteiger partial charge in [0.1, 0.15) is 0 Å². The minimum Gasteiger partial charge on any atom is -0.310 e. The Balaban J connectivity index is 0.947. The van der Waals surface area contributed by atoms with Crippen molar-refractivity contribution in [3.63, 3.8) is 0 Å². The molecule has 0 radical (unpaired) electrons. The number of hydrogen-bond donors (Lipinski definition) is 0. The van der Waals surface area contributed by atoms with Gasteiger partial charge in [0.15, 0.2) is 11.6 Å². The summed E-state index contributed by atoms with van der Waals surface area (Å²) in [5.41, 5.74) is 19.1. The van der Waals surface area contributed by atoms with Gasteiger partial charge in [-0.15, -0.1) is 20.4 Å². The predicted octanol–water partition coefficient (Wildman–Crippen LogP) is 14.1. The number of benzene rings is 8. The molecule has 0 bridgehead atoms. The smallest absolute Gasteiger partial charge is 0.207 e. The third-order valence-electron chi connectivity index (χ3n) is 14.1. The van der Waals surface area contributed by atoms with Crippen molar-refractivity contribution in [3.8, 4) is 33.9 Å². The lowest BCUT2D eigenvalue weighted by Gasteiger charge is -2.42. The van der Waals surface area contributed by atoms with Crippen LogP contribution in [0.2, 0.25) is 0 Å². The van der Waals surface area contributed by atoms with Crippen molar-refractivity contribution in [1.29, 1.82) is 0 Å². The highest BCUT2D eigenvalue weighted by molar-refractivity contribution is 5.93. The van der Waals surface area contributed by atoms with Crippen molar-refractivity contribution < 1.29 is 0 Å². The van der Waals surface area contributed by atoms with Gasteiger partial charge in [-0.25, -0.2) is 0 Å². The SMILES string of the molecule is CC1(C)c2ccccc2N(c2ccc(-c3nnc4c5nnc(-c6ccc(N7c8ccccc8C(C)(C)c8ccccc87)cc6)n5c5cc(-c6ccccc6)ccc5n34)cc2)c2ccccc21. The van der Waals surface area contributed by atoms with Crippen molar-refractivity contribution in [2.75, 3.05) is 9.80 Å². The minimum atomic E-state index is -0.134. The molecule has 8 aromatic carbocycles. The Morgan fingerprint density at radius 2 is 0.682 bits per heavy atom. The zero-order valence-electron chi connectivity index (χ0n) is 37.1. The van der Waals surface area contributed by atoms with E-state index in [-0.39, 0.29) is 10.8 Å². The molecule has 0 N–H and O–H groups in total. The molecule has 0 saturated carbocycles. The largest absolute Gasteiger partial charge is 0.310 e. The highest BCUT2D eigenvalue weighted by Crippen LogP contribution is 2.53. The van der Waals surface area contributed by atoms with Crippen molar-refractivity contribution in [1.82, 2.24) is 29.2 Å². The molecule has 2 aliphatic heterocycles. The standard InChI is InChI=1S/C58H44N8/c1-57(2)43-18-8-12-22-47(43)63(48-23-13-9-19-44(48)57)41-31-26-38(27-32-41)53-59-61-55-56-62-60-54(66(56)52-36-40(30-35-51(52)65(53)55)37-16-6-5-7-17-37)39-28-33-42(34-29-39)64-49-24-14-10-20-45(49)58(3,4)46-21-11-15-25-50(46)64/h5-36H,1-4H3. The molecule has 0 amide bonds. The van der Waals surface area contributed by atoms with E-state index in [2.05, 4.69) is 234 Å². The van der Waals surface area contributed by atoms with Gasteiger partial charge in [0.05, 0.1) is 33.8 Å². The first-order chi connectivity index (χ1) is 32.3. The lowest BCUT2D eigenvalue weighted by atomic mass is 9.73. The molecule has 3 aromatic heterocycles. The maximum Gasteiger partial charge on any atom is 0.207 e. The molecule has 8 nitrogen and oxygen atoms in total. The van der Waals surface area contributed by atoms with Gasteiger partial charge in [0.2, 0.25) is 11.3 Å². The fourth-order valence-electron chi connectivity index (χ4n) is 10.8. The Bertz CT molecular complexity index is 3610. The highest BCUT2D eigenvalue weighted by atomic mass is 15.3. The van der Waals surface area contributed by atoms with Crippen LogP contribution in [0.15, 0.2) is 194 Å². The second-order valence-corrected chi connectivity index (χ2v) is 18.5. The number of fused-ring (bicyclic) bond motifs is 10. The van der Waals surface area contributed by atoms with Crippen molar-refractivity contribution in [2.24, 2.45) is 0 Å². The van der Waals surface area contributed by atoms with E-state index in [1.54, 1.807) is 0 Å². The molecule has 2 aliphatic rings. The van der Waals surface area contributed by atoms with Crippen LogP contribution in [0, 0.1) is 0 Å². The maximum absolute atomic E-state index is 4.91. The summed E-state index contributed by atoms with van der Waals surface area (Å²) in [5.74, 6) is 1.46. The molecule has 8 heteroatoms. The zero-order valence-corrected chi connectivity index (χ0v) is 37.1. The summed E-state index contributed by atoms with van der Waals surface area (Å²) in [4.78, 5) is 4.75. The van der Waals surface area contributed by atoms with E-state index in [9.17, 15) is 0 Å². The van der Waals surface area contributed by atoms with Gasteiger partial charge in [-0.1, -0.05) is 137 Å². The zero-order chi connectivity index (χ0) is 44.3. The topological polar surface area (TPSA) is 66.9 Å². The van der Waals surface area contributed by atoms with E-state index >= 15 is 0 Å². The van der Waals surface area contributed by atoms with Gasteiger partial charge in [0, 0.05) is 33.3 Å². The Morgan fingerprint density at radius 3 is 1.11 bits per heavy atom. The summed E-state index contributed by atoms with van der Waals surface area (Å²) in [6.45, 7) is 9.26. The lowest BCUT2D eigenvalue weighted by molar-refractivity contribution is 0.632. The highest BCUT2D eigenvalue weighted by Gasteiger charge is 2.38. The number of rotatable bonds is 5. The van der Waals surface area contributed by atoms with E-state index in [1.165, 1.54) is 45.0 Å². The average Bonchev–Trinajstić information content (AvgIpc) is 4.01. The molecule has 0 saturated heterocycles. The molecule has 0 fully saturated rings. The lowest BCUT2D eigenvalue weighted by Crippen LogP contribution is -2.30. The molecule has 316 valence electrons. The first-order valence-electron chi connectivity index (χ1n) is 22.6. The van der Waals surface area contributed by atoms with E-state index < -0.39 is 0 Å². The number of aromatic nitrogens is 6. The number of para-hydroxylation sites is 4. The fraction of sp³-hybridized carbons (Fsp3) is 0.103. The summed E-state index contributed by atoms with van der Waals surface area (Å²) in [6.07, 6.45) is 0. The van der Waals surface area contributed by atoms with Crippen LogP contribution in [0.3, 0.4) is 0 Å². The van der Waals surface area contributed by atoms with Crippen LogP contribution in [-0.2, 0) is 10.8 Å². The van der Waals surface area contributed by atoms with Crippen LogP contribution in [0.5, 0.6) is 0 Å². The van der Waals surface area contributed by atoms with Crippen LogP contribution in [-0.4, -0.2) is 29.2 Å². The van der Waals surface area contributed by atoms with Gasteiger partial charge in [-0.3, -0.25) is 8.80 Å². The number of nitrogens with zero attached hydrogens (tertiary/aromatic N) is 8. The monoisotopic (exact) mass is 852 g/mol. The van der Waals surface area contributed by atoms with Crippen LogP contribution in [0.4, 0.5) is 34.1 Å². The predicted molar refractivity (Wildman–Crippen MR) is 267 cm³/mol. The molecule has 0 aliphatic carbocycles. The van der Waals surface area contributed by atoms with Gasteiger partial charge in [-0.05, 0) is 118 Å². The summed E-state index contributed by atoms with van der Waals surface area (Å²) in [6, 6.07) is 69.5. The average molecular weight is 853 g/mol. The quantitative estimate of drug-likeness (QED) is 0.172. The fourth-order valence-corrected chi connectivity index (χ4v) is 10.8. The minimum absolute atomic E-state index is 0.132. The summed E-state index contributed by atoms with van der Waals surface area (Å²) < 4.78 is 4.28. The van der Waals surface area contributed by atoms with E-state index in [0.717, 1.165) is 56.3 Å². The van der Waals surface area contributed by atoms with Crippen molar-refractivity contribution in [3.05, 3.63) is 216 Å². The van der Waals surface area contributed by atoms with Gasteiger partial charge >= 0.3 is 0 Å². The van der Waals surface area contributed by atoms with E-state index in [4.69, 9.17) is 20.4 Å². The van der Waals surface area contributed by atoms with Crippen LogP contribution in [0.25, 0.3) is 56.2 Å². The molecular formula is C58H44N8. The van der Waals surface area contributed by atoms with Crippen LogP contribution >= 0.6 is 0 Å². The van der Waals surface area contributed by atoms with Gasteiger partial charge in [-0.2, -0.15) is 0 Å². The Labute approximate surface area is 382 Å². The van der Waals surface area contributed by atoms with Gasteiger partial charge < -0.3 is 9.80 Å². The molecule has 11 aromatic rings. The summed E-state index contributed by atoms with van der Waals surface area (Å²) in [5, 5.41) is 19.5. The molecular weight excluding hydrogens is 809 g/mol.